The van der Waals surface area contributed by atoms with Gasteiger partial charge in [0.15, 0.2) is 0 Å². The number of pyridine rings is 1. The van der Waals surface area contributed by atoms with Crippen LogP contribution in [0.25, 0.3) is 0 Å². The molecular formula is C14H24N2O. The van der Waals surface area contributed by atoms with Crippen LogP contribution in [0.4, 0.5) is 0 Å². The first-order valence-electron chi connectivity index (χ1n) is 6.41. The summed E-state index contributed by atoms with van der Waals surface area (Å²) in [6.07, 6.45) is 5.86. The van der Waals surface area contributed by atoms with E-state index in [9.17, 15) is 0 Å². The minimum Gasteiger partial charge on any atom is -0.492 e. The predicted molar refractivity (Wildman–Crippen MR) is 71.4 cm³/mol. The summed E-state index contributed by atoms with van der Waals surface area (Å²) >= 11 is 0. The summed E-state index contributed by atoms with van der Waals surface area (Å²) in [5.74, 6) is 1.53. The Morgan fingerprint density at radius 1 is 1.35 bits per heavy atom. The van der Waals surface area contributed by atoms with Crippen molar-refractivity contribution in [2.75, 3.05) is 13.7 Å². The molecule has 1 rings (SSSR count). The molecule has 0 bridgehead atoms. The van der Waals surface area contributed by atoms with Gasteiger partial charge in [-0.2, -0.15) is 0 Å². The van der Waals surface area contributed by atoms with Crippen LogP contribution in [0.15, 0.2) is 18.5 Å². The average Bonchev–Trinajstić information content (AvgIpc) is 2.30. The van der Waals surface area contributed by atoms with E-state index in [2.05, 4.69) is 30.2 Å². The normalized spacial score (nSPS) is 12.8. The van der Waals surface area contributed by atoms with Crippen LogP contribution in [0, 0.1) is 5.92 Å². The van der Waals surface area contributed by atoms with Crippen LogP contribution in [0.2, 0.25) is 0 Å². The second kappa shape index (κ2) is 7.28. The lowest BCUT2D eigenvalue weighted by Gasteiger charge is -2.19. The summed E-state index contributed by atoms with van der Waals surface area (Å²) in [5, 5.41) is 3.36. The second-order valence-electron chi connectivity index (χ2n) is 4.64. The third-order valence-electron chi connectivity index (χ3n) is 3.00. The van der Waals surface area contributed by atoms with Crippen molar-refractivity contribution < 1.29 is 4.74 Å². The van der Waals surface area contributed by atoms with E-state index in [1.54, 1.807) is 6.20 Å². The van der Waals surface area contributed by atoms with Crippen molar-refractivity contribution in [3.8, 4) is 5.75 Å². The summed E-state index contributed by atoms with van der Waals surface area (Å²) in [4.78, 5) is 4.21. The predicted octanol–water partition coefficient (Wildman–Crippen LogP) is 2.66. The number of ether oxygens (including phenoxy) is 1. The van der Waals surface area contributed by atoms with Crippen molar-refractivity contribution in [1.29, 1.82) is 0 Å². The molecule has 1 N–H and O–H groups in total. The zero-order valence-electron chi connectivity index (χ0n) is 11.4. The quantitative estimate of drug-likeness (QED) is 0.790. The lowest BCUT2D eigenvalue weighted by Crippen LogP contribution is -2.31. The summed E-state index contributed by atoms with van der Waals surface area (Å²) in [7, 11) is 2.03. The molecular weight excluding hydrogens is 212 g/mol. The van der Waals surface area contributed by atoms with Crippen LogP contribution in [-0.4, -0.2) is 24.7 Å². The first-order valence-corrected chi connectivity index (χ1v) is 6.41. The molecule has 0 saturated carbocycles. The number of aromatic nitrogens is 1. The van der Waals surface area contributed by atoms with E-state index in [1.165, 1.54) is 5.56 Å². The molecule has 0 aromatic carbocycles. The van der Waals surface area contributed by atoms with Crippen LogP contribution >= 0.6 is 0 Å². The summed E-state index contributed by atoms with van der Waals surface area (Å²) in [5.41, 5.74) is 1.25. The Labute approximate surface area is 105 Å². The highest BCUT2D eigenvalue weighted by Gasteiger charge is 2.10. The van der Waals surface area contributed by atoms with E-state index in [1.807, 2.05) is 20.2 Å². The van der Waals surface area contributed by atoms with E-state index in [-0.39, 0.29) is 0 Å². The number of aryl methyl sites for hydroxylation is 1. The van der Waals surface area contributed by atoms with Gasteiger partial charge >= 0.3 is 0 Å². The molecule has 1 aromatic rings. The third kappa shape index (κ3) is 4.73. The Morgan fingerprint density at radius 3 is 2.71 bits per heavy atom. The maximum absolute atomic E-state index is 5.45. The van der Waals surface area contributed by atoms with Crippen LogP contribution in [0.1, 0.15) is 32.8 Å². The van der Waals surface area contributed by atoms with Gasteiger partial charge in [0.25, 0.3) is 0 Å². The Morgan fingerprint density at radius 2 is 2.12 bits per heavy atom. The van der Waals surface area contributed by atoms with Gasteiger partial charge in [-0.3, -0.25) is 4.98 Å². The van der Waals surface area contributed by atoms with Crippen molar-refractivity contribution in [3.63, 3.8) is 0 Å². The SMILES string of the molecule is CCOc1cncc(CCC(NC)C(C)C)c1. The smallest absolute Gasteiger partial charge is 0.137 e. The van der Waals surface area contributed by atoms with E-state index in [0.717, 1.165) is 18.6 Å². The number of nitrogens with one attached hydrogen (secondary N) is 1. The number of hydrogen-bond acceptors (Lipinski definition) is 3. The Hall–Kier alpha value is -1.09. The minimum atomic E-state index is 0.561. The zero-order chi connectivity index (χ0) is 12.7. The number of hydrogen-bond donors (Lipinski definition) is 1. The lowest BCUT2D eigenvalue weighted by atomic mass is 9.97. The molecule has 1 unspecified atom stereocenters. The van der Waals surface area contributed by atoms with Gasteiger partial charge in [-0.05, 0) is 44.4 Å². The van der Waals surface area contributed by atoms with Crippen molar-refractivity contribution in [3.05, 3.63) is 24.0 Å². The molecule has 0 saturated heterocycles. The molecule has 3 nitrogen and oxygen atoms in total. The monoisotopic (exact) mass is 236 g/mol. The fourth-order valence-electron chi connectivity index (χ4n) is 1.98. The van der Waals surface area contributed by atoms with Gasteiger partial charge < -0.3 is 10.1 Å². The van der Waals surface area contributed by atoms with Crippen LogP contribution in [0.5, 0.6) is 5.75 Å². The highest BCUT2D eigenvalue weighted by Crippen LogP contribution is 2.15. The number of rotatable bonds is 7. The van der Waals surface area contributed by atoms with Gasteiger partial charge in [0.05, 0.1) is 12.8 Å². The molecule has 1 aromatic heterocycles. The Bertz CT molecular complexity index is 326. The van der Waals surface area contributed by atoms with Gasteiger partial charge in [-0.15, -0.1) is 0 Å². The molecule has 0 aliphatic heterocycles. The highest BCUT2D eigenvalue weighted by molar-refractivity contribution is 5.23. The second-order valence-corrected chi connectivity index (χ2v) is 4.64. The Balaban J connectivity index is 2.53. The van der Waals surface area contributed by atoms with Gasteiger partial charge in [-0.1, -0.05) is 13.8 Å². The zero-order valence-corrected chi connectivity index (χ0v) is 11.4. The van der Waals surface area contributed by atoms with Gasteiger partial charge in [-0.25, -0.2) is 0 Å². The molecule has 17 heavy (non-hydrogen) atoms. The van der Waals surface area contributed by atoms with E-state index < -0.39 is 0 Å². The molecule has 0 aliphatic carbocycles. The van der Waals surface area contributed by atoms with Crippen LogP contribution in [0.3, 0.4) is 0 Å². The summed E-state index contributed by atoms with van der Waals surface area (Å²) in [6.45, 7) is 7.17. The summed E-state index contributed by atoms with van der Waals surface area (Å²) < 4.78 is 5.45. The van der Waals surface area contributed by atoms with Gasteiger partial charge in [0, 0.05) is 12.2 Å². The standard InChI is InChI=1S/C14H24N2O/c1-5-17-13-8-12(9-16-10-13)6-7-14(15-4)11(2)3/h8-11,14-15H,5-7H2,1-4H3. The maximum Gasteiger partial charge on any atom is 0.137 e. The molecule has 96 valence electrons. The van der Waals surface area contributed by atoms with Crippen molar-refractivity contribution in [2.24, 2.45) is 5.92 Å². The first-order chi connectivity index (χ1) is 8.17. The average molecular weight is 236 g/mol. The molecule has 0 radical (unpaired) electrons. The van der Waals surface area contributed by atoms with E-state index in [0.29, 0.717) is 18.6 Å². The Kier molecular flexibility index (Phi) is 5.98. The molecule has 0 aliphatic rings. The first kappa shape index (κ1) is 14.0. The molecule has 3 heteroatoms. The molecule has 0 fully saturated rings. The van der Waals surface area contributed by atoms with Gasteiger partial charge in [0.1, 0.15) is 5.75 Å². The third-order valence-corrected chi connectivity index (χ3v) is 3.00. The number of nitrogens with zero attached hydrogens (tertiary/aromatic N) is 1. The lowest BCUT2D eigenvalue weighted by molar-refractivity contribution is 0.338. The van der Waals surface area contributed by atoms with E-state index >= 15 is 0 Å². The van der Waals surface area contributed by atoms with Gasteiger partial charge in [0.2, 0.25) is 0 Å². The van der Waals surface area contributed by atoms with Crippen LogP contribution in [-0.2, 0) is 6.42 Å². The fraction of sp³-hybridized carbons (Fsp3) is 0.643. The molecule has 1 heterocycles. The summed E-state index contributed by atoms with van der Waals surface area (Å²) in [6, 6.07) is 2.65. The van der Waals surface area contributed by atoms with E-state index in [4.69, 9.17) is 4.74 Å². The minimum absolute atomic E-state index is 0.561. The molecule has 0 amide bonds. The fourth-order valence-corrected chi connectivity index (χ4v) is 1.98. The molecule has 1 atom stereocenters. The van der Waals surface area contributed by atoms with Crippen molar-refractivity contribution in [1.82, 2.24) is 10.3 Å². The topological polar surface area (TPSA) is 34.1 Å². The maximum atomic E-state index is 5.45. The van der Waals surface area contributed by atoms with Crippen molar-refractivity contribution in [2.45, 2.75) is 39.7 Å². The van der Waals surface area contributed by atoms with Crippen molar-refractivity contribution >= 4 is 0 Å². The van der Waals surface area contributed by atoms with Crippen LogP contribution < -0.4 is 10.1 Å². The largest absolute Gasteiger partial charge is 0.492 e. The molecule has 0 spiro atoms. The highest BCUT2D eigenvalue weighted by atomic mass is 16.5.